The van der Waals surface area contributed by atoms with Gasteiger partial charge in [-0.3, -0.25) is 11.3 Å². The molecular weight excluding hydrogens is 240 g/mol. The highest BCUT2D eigenvalue weighted by molar-refractivity contribution is 5.00. The third-order valence-corrected chi connectivity index (χ3v) is 3.77. The van der Waals surface area contributed by atoms with Crippen LogP contribution in [-0.4, -0.2) is 27.8 Å². The van der Waals surface area contributed by atoms with E-state index < -0.39 is 0 Å². The Morgan fingerprint density at radius 1 is 1.47 bits per heavy atom. The Kier molecular flexibility index (Phi) is 6.48. The van der Waals surface area contributed by atoms with E-state index in [9.17, 15) is 0 Å². The van der Waals surface area contributed by atoms with E-state index in [0.29, 0.717) is 6.61 Å². The number of nitrogens with one attached hydrogen (secondary N) is 1. The maximum atomic E-state index is 5.90. The van der Waals surface area contributed by atoms with Crippen molar-refractivity contribution < 1.29 is 4.74 Å². The van der Waals surface area contributed by atoms with E-state index in [1.165, 1.54) is 0 Å². The van der Waals surface area contributed by atoms with Crippen molar-refractivity contribution in [2.75, 3.05) is 6.61 Å². The van der Waals surface area contributed by atoms with Crippen LogP contribution in [0.3, 0.4) is 0 Å². The summed E-state index contributed by atoms with van der Waals surface area (Å²) in [5, 5.41) is 0. The first-order chi connectivity index (χ1) is 9.11. The van der Waals surface area contributed by atoms with Crippen LogP contribution in [0.4, 0.5) is 0 Å². The summed E-state index contributed by atoms with van der Waals surface area (Å²) in [5.41, 5.74) is 2.64. The minimum absolute atomic E-state index is 0.0513. The van der Waals surface area contributed by atoms with Crippen LogP contribution in [0.25, 0.3) is 0 Å². The van der Waals surface area contributed by atoms with Crippen molar-refractivity contribution in [3.63, 3.8) is 0 Å². The molecule has 5 nitrogen and oxygen atoms in total. The zero-order chi connectivity index (χ0) is 14.3. The third kappa shape index (κ3) is 4.03. The van der Waals surface area contributed by atoms with Crippen molar-refractivity contribution in [3.05, 3.63) is 18.2 Å². The standard InChI is InChI=1S/C14H28N4O/c1-5-9-18-10-8-16-13(18)11-12(17-15)14(4,6-2)19-7-3/h8,10,12,17H,5-7,9,11,15H2,1-4H3. The Balaban J connectivity index is 2.83. The zero-order valence-corrected chi connectivity index (χ0v) is 12.6. The number of hydrazine groups is 1. The van der Waals surface area contributed by atoms with Crippen molar-refractivity contribution in [3.8, 4) is 0 Å². The first-order valence-corrected chi connectivity index (χ1v) is 7.21. The number of ether oxygens (including phenoxy) is 1. The summed E-state index contributed by atoms with van der Waals surface area (Å²) in [6.45, 7) is 10.1. The number of imidazole rings is 1. The summed E-state index contributed by atoms with van der Waals surface area (Å²) in [6.07, 6.45) is 6.65. The molecule has 1 aromatic heterocycles. The molecule has 2 unspecified atom stereocenters. The van der Waals surface area contributed by atoms with Crippen LogP contribution in [0, 0.1) is 0 Å². The Hall–Kier alpha value is -0.910. The highest BCUT2D eigenvalue weighted by Crippen LogP contribution is 2.22. The van der Waals surface area contributed by atoms with E-state index in [2.05, 4.69) is 35.7 Å². The molecule has 0 bridgehead atoms. The van der Waals surface area contributed by atoms with Crippen LogP contribution in [-0.2, 0) is 17.7 Å². The maximum absolute atomic E-state index is 5.90. The largest absolute Gasteiger partial charge is 0.374 e. The molecule has 0 radical (unpaired) electrons. The van der Waals surface area contributed by atoms with Gasteiger partial charge in [0.2, 0.25) is 0 Å². The topological polar surface area (TPSA) is 65.1 Å². The van der Waals surface area contributed by atoms with Crippen LogP contribution < -0.4 is 11.3 Å². The second-order valence-electron chi connectivity index (χ2n) is 5.06. The molecule has 0 spiro atoms. The number of rotatable bonds is 9. The fourth-order valence-corrected chi connectivity index (χ4v) is 2.39. The monoisotopic (exact) mass is 268 g/mol. The fourth-order valence-electron chi connectivity index (χ4n) is 2.39. The van der Waals surface area contributed by atoms with Crippen LogP contribution in [0.1, 0.15) is 46.4 Å². The van der Waals surface area contributed by atoms with Gasteiger partial charge in [-0.2, -0.15) is 0 Å². The second-order valence-corrected chi connectivity index (χ2v) is 5.06. The molecule has 1 aromatic rings. The van der Waals surface area contributed by atoms with E-state index >= 15 is 0 Å². The summed E-state index contributed by atoms with van der Waals surface area (Å²) < 4.78 is 8.09. The Morgan fingerprint density at radius 2 is 2.21 bits per heavy atom. The second kappa shape index (κ2) is 7.62. The van der Waals surface area contributed by atoms with Gasteiger partial charge in [0.1, 0.15) is 5.82 Å². The molecule has 0 aliphatic rings. The van der Waals surface area contributed by atoms with Crippen LogP contribution in [0.2, 0.25) is 0 Å². The summed E-state index contributed by atoms with van der Waals surface area (Å²) in [7, 11) is 0. The molecular formula is C14H28N4O. The lowest BCUT2D eigenvalue weighted by Gasteiger charge is -2.36. The lowest BCUT2D eigenvalue weighted by molar-refractivity contribution is -0.0556. The number of aromatic nitrogens is 2. The predicted molar refractivity (Wildman–Crippen MR) is 77.7 cm³/mol. The Labute approximate surface area is 116 Å². The van der Waals surface area contributed by atoms with Gasteiger partial charge in [-0.1, -0.05) is 13.8 Å². The smallest absolute Gasteiger partial charge is 0.110 e. The van der Waals surface area contributed by atoms with Gasteiger partial charge < -0.3 is 9.30 Å². The molecule has 5 heteroatoms. The molecule has 1 heterocycles. The minimum Gasteiger partial charge on any atom is -0.374 e. The number of aryl methyl sites for hydroxylation is 1. The van der Waals surface area contributed by atoms with Crippen molar-refractivity contribution in [2.45, 2.75) is 65.1 Å². The van der Waals surface area contributed by atoms with Gasteiger partial charge in [-0.15, -0.1) is 0 Å². The lowest BCUT2D eigenvalue weighted by Crippen LogP contribution is -2.54. The van der Waals surface area contributed by atoms with Crippen molar-refractivity contribution in [2.24, 2.45) is 5.84 Å². The number of hydrogen-bond acceptors (Lipinski definition) is 4. The SMILES string of the molecule is CCCn1ccnc1CC(NN)C(C)(CC)OCC. The summed E-state index contributed by atoms with van der Waals surface area (Å²) >= 11 is 0. The van der Waals surface area contributed by atoms with Crippen LogP contribution in [0.5, 0.6) is 0 Å². The normalized spacial score (nSPS) is 16.3. The van der Waals surface area contributed by atoms with Gasteiger partial charge in [0.25, 0.3) is 0 Å². The minimum atomic E-state index is -0.271. The molecule has 19 heavy (non-hydrogen) atoms. The van der Waals surface area contributed by atoms with Gasteiger partial charge in [-0.25, -0.2) is 4.98 Å². The quantitative estimate of drug-likeness (QED) is 0.530. The van der Waals surface area contributed by atoms with Crippen molar-refractivity contribution in [1.29, 1.82) is 0 Å². The predicted octanol–water partition coefficient (Wildman–Crippen LogP) is 1.87. The molecule has 0 fully saturated rings. The first kappa shape index (κ1) is 16.1. The van der Waals surface area contributed by atoms with Gasteiger partial charge in [-0.05, 0) is 26.7 Å². The Morgan fingerprint density at radius 3 is 2.74 bits per heavy atom. The fraction of sp³-hybridized carbons (Fsp3) is 0.786. The number of hydrogen-bond donors (Lipinski definition) is 2. The van der Waals surface area contributed by atoms with E-state index in [-0.39, 0.29) is 11.6 Å². The van der Waals surface area contributed by atoms with Gasteiger partial charge in [0.15, 0.2) is 0 Å². The van der Waals surface area contributed by atoms with E-state index in [1.54, 1.807) is 0 Å². The maximum Gasteiger partial charge on any atom is 0.110 e. The molecule has 110 valence electrons. The highest BCUT2D eigenvalue weighted by Gasteiger charge is 2.33. The van der Waals surface area contributed by atoms with Crippen LogP contribution >= 0.6 is 0 Å². The lowest BCUT2D eigenvalue weighted by atomic mass is 9.91. The molecule has 0 aliphatic carbocycles. The first-order valence-electron chi connectivity index (χ1n) is 7.21. The van der Waals surface area contributed by atoms with Crippen molar-refractivity contribution >= 4 is 0 Å². The molecule has 0 amide bonds. The van der Waals surface area contributed by atoms with Gasteiger partial charge in [0, 0.05) is 32.0 Å². The molecule has 0 saturated heterocycles. The van der Waals surface area contributed by atoms with Gasteiger partial charge >= 0.3 is 0 Å². The number of nitrogens with two attached hydrogens (primary N) is 1. The van der Waals surface area contributed by atoms with Crippen LogP contribution in [0.15, 0.2) is 12.4 Å². The van der Waals surface area contributed by atoms with Gasteiger partial charge in [0.05, 0.1) is 11.6 Å². The van der Waals surface area contributed by atoms with Crippen molar-refractivity contribution in [1.82, 2.24) is 15.0 Å². The molecule has 2 atom stereocenters. The summed E-state index contributed by atoms with van der Waals surface area (Å²) in [4.78, 5) is 4.44. The van der Waals surface area contributed by atoms with E-state index in [1.807, 2.05) is 19.3 Å². The van der Waals surface area contributed by atoms with E-state index in [0.717, 1.165) is 31.6 Å². The highest BCUT2D eigenvalue weighted by atomic mass is 16.5. The average Bonchev–Trinajstić information content (AvgIpc) is 2.84. The third-order valence-electron chi connectivity index (χ3n) is 3.77. The molecule has 0 aliphatic heterocycles. The number of nitrogens with zero attached hydrogens (tertiary/aromatic N) is 2. The molecule has 0 saturated carbocycles. The molecule has 3 N–H and O–H groups in total. The van der Waals surface area contributed by atoms with E-state index in [4.69, 9.17) is 10.6 Å². The molecule has 0 aromatic carbocycles. The molecule has 1 rings (SSSR count). The summed E-state index contributed by atoms with van der Waals surface area (Å²) in [6, 6.07) is 0.0513. The average molecular weight is 268 g/mol. The Bertz CT molecular complexity index is 366. The summed E-state index contributed by atoms with van der Waals surface area (Å²) in [5.74, 6) is 6.80. The zero-order valence-electron chi connectivity index (χ0n) is 12.6.